The molecule has 1 aliphatic rings. The molecular weight excluding hydrogens is 316 g/mol. The number of carbonyl (C=O) groups is 1. The monoisotopic (exact) mass is 336 g/mol. The van der Waals surface area contributed by atoms with Crippen molar-refractivity contribution in [1.29, 1.82) is 0 Å². The number of aliphatic hydroxyl groups excluding tert-OH is 1. The zero-order valence-corrected chi connectivity index (χ0v) is 14.0. The van der Waals surface area contributed by atoms with Gasteiger partial charge in [-0.2, -0.15) is 0 Å². The van der Waals surface area contributed by atoms with Gasteiger partial charge in [-0.15, -0.1) is 0 Å². The second kappa shape index (κ2) is 6.33. The Morgan fingerprint density at radius 2 is 2.12 bits per heavy atom. The first-order valence-electron chi connectivity index (χ1n) is 8.50. The summed E-state index contributed by atoms with van der Waals surface area (Å²) < 4.78 is 5.56. The van der Waals surface area contributed by atoms with Gasteiger partial charge in [0.1, 0.15) is 11.3 Å². The van der Waals surface area contributed by atoms with Crippen molar-refractivity contribution in [3.05, 3.63) is 65.7 Å². The third-order valence-electron chi connectivity index (χ3n) is 4.82. The number of nitrogens with zero attached hydrogens (tertiary/aromatic N) is 1. The van der Waals surface area contributed by atoms with Crippen LogP contribution in [0.1, 0.15) is 40.7 Å². The van der Waals surface area contributed by atoms with Crippen LogP contribution in [0.5, 0.6) is 0 Å². The lowest BCUT2D eigenvalue weighted by atomic mass is 9.76. The van der Waals surface area contributed by atoms with Gasteiger partial charge < -0.3 is 14.8 Å². The van der Waals surface area contributed by atoms with E-state index < -0.39 is 0 Å². The van der Waals surface area contributed by atoms with Gasteiger partial charge in [0.25, 0.3) is 5.91 Å². The van der Waals surface area contributed by atoms with Crippen LogP contribution in [0.15, 0.2) is 53.1 Å². The number of hydrogen-bond acceptors (Lipinski definition) is 4. The van der Waals surface area contributed by atoms with E-state index in [-0.39, 0.29) is 24.0 Å². The zero-order valence-electron chi connectivity index (χ0n) is 14.0. The molecule has 0 aliphatic heterocycles. The van der Waals surface area contributed by atoms with E-state index in [2.05, 4.69) is 10.3 Å². The molecule has 2 N–H and O–H groups in total. The summed E-state index contributed by atoms with van der Waals surface area (Å²) in [5, 5.41) is 13.7. The molecule has 0 saturated heterocycles. The van der Waals surface area contributed by atoms with Gasteiger partial charge in [-0.05, 0) is 62.1 Å². The van der Waals surface area contributed by atoms with Crippen molar-refractivity contribution in [2.24, 2.45) is 5.92 Å². The molecule has 5 nitrogen and oxygen atoms in total. The quantitative estimate of drug-likeness (QED) is 0.766. The van der Waals surface area contributed by atoms with Crippen molar-refractivity contribution in [3.63, 3.8) is 0 Å². The number of amides is 1. The van der Waals surface area contributed by atoms with Crippen LogP contribution in [0.25, 0.3) is 11.0 Å². The van der Waals surface area contributed by atoms with Crippen LogP contribution >= 0.6 is 0 Å². The van der Waals surface area contributed by atoms with Crippen molar-refractivity contribution in [2.75, 3.05) is 0 Å². The summed E-state index contributed by atoms with van der Waals surface area (Å²) in [6.45, 7) is 1.89. The maximum Gasteiger partial charge on any atom is 0.251 e. The number of hydrogen-bond donors (Lipinski definition) is 2. The summed E-state index contributed by atoms with van der Waals surface area (Å²) >= 11 is 0. The number of carbonyl (C=O) groups excluding carboxylic acids is 1. The van der Waals surface area contributed by atoms with Crippen LogP contribution in [0.3, 0.4) is 0 Å². The normalized spacial score (nSPS) is 20.9. The standard InChI is InChI=1S/C20H20N2O3/c1-12-8-14-9-13(5-6-18(14)25-12)20(24)22-19(15-10-16(23)11-15)17-4-2-3-7-21-17/h2-9,15-16,19,23H,10-11H2,1H3,(H,22,24). The van der Waals surface area contributed by atoms with E-state index in [0.717, 1.165) is 22.4 Å². The van der Waals surface area contributed by atoms with Gasteiger partial charge in [-0.1, -0.05) is 6.07 Å². The lowest BCUT2D eigenvalue weighted by molar-refractivity contribution is 0.0228. The average Bonchev–Trinajstić information content (AvgIpc) is 2.97. The van der Waals surface area contributed by atoms with E-state index in [1.807, 2.05) is 43.3 Å². The number of aliphatic hydroxyl groups is 1. The Balaban J connectivity index is 1.58. The molecule has 5 heteroatoms. The second-order valence-electron chi connectivity index (χ2n) is 6.70. The van der Waals surface area contributed by atoms with Crippen molar-refractivity contribution in [3.8, 4) is 0 Å². The summed E-state index contributed by atoms with van der Waals surface area (Å²) in [7, 11) is 0. The fourth-order valence-electron chi connectivity index (χ4n) is 3.44. The Bertz CT molecular complexity index is 898. The minimum Gasteiger partial charge on any atom is -0.461 e. The maximum atomic E-state index is 12.8. The fraction of sp³-hybridized carbons (Fsp3) is 0.300. The molecule has 3 aromatic rings. The molecule has 1 saturated carbocycles. The molecule has 1 amide bonds. The van der Waals surface area contributed by atoms with Crippen molar-refractivity contribution in [1.82, 2.24) is 10.3 Å². The number of nitrogens with one attached hydrogen (secondary N) is 1. The number of fused-ring (bicyclic) bond motifs is 1. The van der Waals surface area contributed by atoms with Crippen molar-refractivity contribution >= 4 is 16.9 Å². The molecule has 4 rings (SSSR count). The molecule has 0 spiro atoms. The molecule has 2 aromatic heterocycles. The van der Waals surface area contributed by atoms with Crippen LogP contribution in [-0.2, 0) is 0 Å². The fourth-order valence-corrected chi connectivity index (χ4v) is 3.44. The van der Waals surface area contributed by atoms with Crippen LogP contribution in [0, 0.1) is 12.8 Å². The summed E-state index contributed by atoms with van der Waals surface area (Å²) in [5.41, 5.74) is 2.19. The van der Waals surface area contributed by atoms with E-state index in [9.17, 15) is 9.90 Å². The summed E-state index contributed by atoms with van der Waals surface area (Å²) in [6.07, 6.45) is 2.81. The number of aryl methyl sites for hydroxylation is 1. The number of benzene rings is 1. The topological polar surface area (TPSA) is 75.4 Å². The van der Waals surface area contributed by atoms with Crippen LogP contribution in [0.2, 0.25) is 0 Å². The zero-order chi connectivity index (χ0) is 17.4. The van der Waals surface area contributed by atoms with Crippen LogP contribution in [0.4, 0.5) is 0 Å². The number of furan rings is 1. The number of rotatable bonds is 4. The molecule has 1 unspecified atom stereocenters. The number of pyridine rings is 1. The summed E-state index contributed by atoms with van der Waals surface area (Å²) in [4.78, 5) is 17.2. The van der Waals surface area contributed by atoms with Gasteiger partial charge >= 0.3 is 0 Å². The molecule has 1 aromatic carbocycles. The number of aromatic nitrogens is 1. The second-order valence-corrected chi connectivity index (χ2v) is 6.70. The Kier molecular flexibility index (Phi) is 4.01. The highest BCUT2D eigenvalue weighted by Crippen LogP contribution is 2.37. The van der Waals surface area contributed by atoms with Crippen molar-refractivity contribution < 1.29 is 14.3 Å². The first-order valence-corrected chi connectivity index (χ1v) is 8.50. The van der Waals surface area contributed by atoms with Gasteiger partial charge in [0.2, 0.25) is 0 Å². The lowest BCUT2D eigenvalue weighted by Crippen LogP contribution is -2.41. The Morgan fingerprint density at radius 1 is 1.28 bits per heavy atom. The molecule has 1 aliphatic carbocycles. The molecule has 0 bridgehead atoms. The third kappa shape index (κ3) is 3.15. The molecule has 2 heterocycles. The Morgan fingerprint density at radius 3 is 2.84 bits per heavy atom. The summed E-state index contributed by atoms with van der Waals surface area (Å²) in [6, 6.07) is 12.8. The average molecular weight is 336 g/mol. The molecule has 128 valence electrons. The van der Waals surface area contributed by atoms with Gasteiger partial charge in [-0.3, -0.25) is 9.78 Å². The van der Waals surface area contributed by atoms with E-state index in [0.29, 0.717) is 18.4 Å². The highest BCUT2D eigenvalue weighted by atomic mass is 16.3. The molecular formula is C20H20N2O3. The van der Waals surface area contributed by atoms with E-state index in [4.69, 9.17) is 4.42 Å². The van der Waals surface area contributed by atoms with E-state index in [1.54, 1.807) is 12.3 Å². The predicted molar refractivity (Wildman–Crippen MR) is 94.1 cm³/mol. The van der Waals surface area contributed by atoms with Gasteiger partial charge in [0.05, 0.1) is 17.8 Å². The first-order chi connectivity index (χ1) is 12.1. The highest BCUT2D eigenvalue weighted by molar-refractivity contribution is 5.98. The van der Waals surface area contributed by atoms with E-state index in [1.165, 1.54) is 0 Å². The smallest absolute Gasteiger partial charge is 0.251 e. The van der Waals surface area contributed by atoms with Crippen molar-refractivity contribution in [2.45, 2.75) is 31.9 Å². The SMILES string of the molecule is Cc1cc2cc(C(=O)NC(c3ccccn3)C3CC(O)C3)ccc2o1. The van der Waals surface area contributed by atoms with Gasteiger partial charge in [0.15, 0.2) is 0 Å². The van der Waals surface area contributed by atoms with E-state index >= 15 is 0 Å². The molecule has 1 atom stereocenters. The molecule has 0 radical (unpaired) electrons. The Hall–Kier alpha value is -2.66. The predicted octanol–water partition coefficient (Wildman–Crippen LogP) is 3.38. The van der Waals surface area contributed by atoms with Gasteiger partial charge in [-0.25, -0.2) is 0 Å². The largest absolute Gasteiger partial charge is 0.461 e. The minimum atomic E-state index is -0.279. The first kappa shape index (κ1) is 15.8. The van der Waals surface area contributed by atoms with Crippen LogP contribution < -0.4 is 5.32 Å². The molecule has 1 fully saturated rings. The maximum absolute atomic E-state index is 12.8. The van der Waals surface area contributed by atoms with Crippen LogP contribution in [-0.4, -0.2) is 22.1 Å². The third-order valence-corrected chi connectivity index (χ3v) is 4.82. The van der Waals surface area contributed by atoms with Gasteiger partial charge in [0, 0.05) is 17.1 Å². The molecule has 25 heavy (non-hydrogen) atoms. The Labute approximate surface area is 145 Å². The minimum absolute atomic E-state index is 0.141. The lowest BCUT2D eigenvalue weighted by Gasteiger charge is -2.37. The highest BCUT2D eigenvalue weighted by Gasteiger charge is 2.36. The summed E-state index contributed by atoms with van der Waals surface area (Å²) in [5.74, 6) is 0.883.